The monoisotopic (exact) mass is 582 g/mol. The van der Waals surface area contributed by atoms with Crippen molar-refractivity contribution in [2.45, 2.75) is 6.92 Å². The first-order chi connectivity index (χ1) is 14.8. The second kappa shape index (κ2) is 11.1. The van der Waals surface area contributed by atoms with E-state index in [0.717, 1.165) is 33.8 Å². The Labute approximate surface area is 195 Å². The maximum atomic E-state index is 5.26. The molecule has 0 fully saturated rings. The number of rotatable bonds is 3. The van der Waals surface area contributed by atoms with E-state index in [9.17, 15) is 0 Å². The van der Waals surface area contributed by atoms with E-state index in [2.05, 4.69) is 27.1 Å². The van der Waals surface area contributed by atoms with Gasteiger partial charge in [-0.25, -0.2) is 4.98 Å². The molecule has 0 saturated heterocycles. The fraction of sp³-hybridized carbons (Fsp3) is 0.0385. The van der Waals surface area contributed by atoms with Gasteiger partial charge in [-0.05, 0) is 30.4 Å². The SMILES string of the molecule is Cc1cccc(-c2[c-]cccc2)n1.[Ir].[c-]1ccccc1-c1cc(-c2ncco2)ccn1. The molecule has 0 aliphatic heterocycles. The molecule has 1 radical (unpaired) electrons. The maximum absolute atomic E-state index is 5.26. The van der Waals surface area contributed by atoms with Gasteiger partial charge in [0.15, 0.2) is 0 Å². The van der Waals surface area contributed by atoms with Crippen LogP contribution in [0.25, 0.3) is 34.0 Å². The van der Waals surface area contributed by atoms with Crippen molar-refractivity contribution in [2.24, 2.45) is 0 Å². The van der Waals surface area contributed by atoms with Gasteiger partial charge >= 0.3 is 0 Å². The van der Waals surface area contributed by atoms with Gasteiger partial charge in [0.2, 0.25) is 5.89 Å². The second-order valence-electron chi connectivity index (χ2n) is 6.48. The van der Waals surface area contributed by atoms with Crippen molar-refractivity contribution in [2.75, 3.05) is 0 Å². The molecule has 5 heteroatoms. The molecule has 5 rings (SSSR count). The number of nitrogens with zero attached hydrogens (tertiary/aromatic N) is 3. The fourth-order valence-corrected chi connectivity index (χ4v) is 2.88. The van der Waals surface area contributed by atoms with E-state index in [1.807, 2.05) is 85.8 Å². The maximum Gasteiger partial charge on any atom is 0.225 e. The number of pyridine rings is 2. The van der Waals surface area contributed by atoms with Gasteiger partial charge in [0.05, 0.1) is 6.20 Å². The average Bonchev–Trinajstić information content (AvgIpc) is 3.36. The molecule has 0 aliphatic carbocycles. The molecule has 0 aliphatic rings. The number of aryl methyl sites for hydroxylation is 1. The Morgan fingerprint density at radius 3 is 2.10 bits per heavy atom. The molecule has 0 unspecified atom stereocenters. The van der Waals surface area contributed by atoms with Gasteiger partial charge in [0.1, 0.15) is 6.26 Å². The summed E-state index contributed by atoms with van der Waals surface area (Å²) in [6.07, 6.45) is 4.93. The third-order valence-electron chi connectivity index (χ3n) is 4.30. The molecule has 0 N–H and O–H groups in total. The molecule has 3 heterocycles. The van der Waals surface area contributed by atoms with Crippen LogP contribution in [0.4, 0.5) is 0 Å². The minimum absolute atomic E-state index is 0. The quantitative estimate of drug-likeness (QED) is 0.243. The van der Waals surface area contributed by atoms with Gasteiger partial charge in [-0.1, -0.05) is 18.2 Å². The summed E-state index contributed by atoms with van der Waals surface area (Å²) in [6, 6.07) is 31.7. The molecular weight excluding hydrogens is 563 g/mol. The molecule has 3 aromatic heterocycles. The minimum atomic E-state index is 0. The van der Waals surface area contributed by atoms with E-state index in [4.69, 9.17) is 4.42 Å². The number of hydrogen-bond donors (Lipinski definition) is 0. The zero-order valence-corrected chi connectivity index (χ0v) is 19.2. The van der Waals surface area contributed by atoms with Gasteiger partial charge in [-0.2, -0.15) is 0 Å². The van der Waals surface area contributed by atoms with Crippen LogP contribution in [0.3, 0.4) is 0 Å². The Bertz CT molecular complexity index is 1190. The summed E-state index contributed by atoms with van der Waals surface area (Å²) in [5.41, 5.74) is 5.81. The smallest absolute Gasteiger partial charge is 0.225 e. The third kappa shape index (κ3) is 6.05. The topological polar surface area (TPSA) is 51.8 Å². The molecule has 2 aromatic carbocycles. The Kier molecular flexibility index (Phi) is 7.99. The fourth-order valence-electron chi connectivity index (χ4n) is 2.88. The summed E-state index contributed by atoms with van der Waals surface area (Å²) >= 11 is 0. The van der Waals surface area contributed by atoms with Crippen LogP contribution in [0.5, 0.6) is 0 Å². The molecule has 5 aromatic rings. The first-order valence-corrected chi connectivity index (χ1v) is 9.53. The predicted octanol–water partition coefficient (Wildman–Crippen LogP) is 6.06. The summed E-state index contributed by atoms with van der Waals surface area (Å²) in [4.78, 5) is 12.8. The van der Waals surface area contributed by atoms with Gasteiger partial charge in [-0.3, -0.25) is 0 Å². The van der Waals surface area contributed by atoms with Crippen LogP contribution in [-0.4, -0.2) is 15.0 Å². The zero-order chi connectivity index (χ0) is 20.6. The van der Waals surface area contributed by atoms with Crippen LogP contribution in [0.2, 0.25) is 0 Å². The van der Waals surface area contributed by atoms with Gasteiger partial charge < -0.3 is 14.4 Å². The van der Waals surface area contributed by atoms with Crippen LogP contribution in [0, 0.1) is 19.1 Å². The molecule has 0 spiro atoms. The van der Waals surface area contributed by atoms with Gasteiger partial charge in [0.25, 0.3) is 0 Å². The molecule has 31 heavy (non-hydrogen) atoms. The number of aromatic nitrogens is 3. The summed E-state index contributed by atoms with van der Waals surface area (Å²) < 4.78 is 5.26. The normalized spacial score (nSPS) is 9.84. The van der Waals surface area contributed by atoms with Gasteiger partial charge in [-0.15, -0.1) is 71.8 Å². The van der Waals surface area contributed by atoms with E-state index in [-0.39, 0.29) is 20.1 Å². The van der Waals surface area contributed by atoms with E-state index in [1.54, 1.807) is 18.7 Å². The largest absolute Gasteiger partial charge is 0.445 e. The van der Waals surface area contributed by atoms with Crippen molar-refractivity contribution < 1.29 is 24.5 Å². The number of oxazole rings is 1. The molecule has 0 bridgehead atoms. The van der Waals surface area contributed by atoms with Crippen LogP contribution in [-0.2, 0) is 20.1 Å². The molecule has 0 atom stereocenters. The van der Waals surface area contributed by atoms with Crippen molar-refractivity contribution in [3.8, 4) is 34.0 Å². The Hall–Kier alpha value is -3.40. The van der Waals surface area contributed by atoms with Gasteiger partial charge in [0, 0.05) is 37.6 Å². The molecule has 155 valence electrons. The summed E-state index contributed by atoms with van der Waals surface area (Å²) in [5, 5.41) is 0. The standard InChI is InChI=1S/C14H9N2O.C12H10N.Ir/c1-2-4-11(5-3-1)13-10-12(6-7-15-13)14-16-8-9-17-14;1-10-6-5-9-12(13-10)11-7-3-2-4-8-11;/h1-4,6-10H;2-7,9H,1H3;/q2*-1;. The summed E-state index contributed by atoms with van der Waals surface area (Å²) in [5.74, 6) is 0.601. The predicted molar refractivity (Wildman–Crippen MR) is 117 cm³/mol. The molecule has 4 nitrogen and oxygen atoms in total. The zero-order valence-electron chi connectivity index (χ0n) is 16.8. The van der Waals surface area contributed by atoms with Crippen LogP contribution in [0.1, 0.15) is 5.69 Å². The molecule has 0 amide bonds. The van der Waals surface area contributed by atoms with Crippen LogP contribution < -0.4 is 0 Å². The summed E-state index contributed by atoms with van der Waals surface area (Å²) in [6.45, 7) is 1.99. The van der Waals surface area contributed by atoms with Crippen molar-refractivity contribution in [3.05, 3.63) is 115 Å². The van der Waals surface area contributed by atoms with Crippen molar-refractivity contribution in [3.63, 3.8) is 0 Å². The number of hydrogen-bond acceptors (Lipinski definition) is 4. The first-order valence-electron chi connectivity index (χ1n) is 9.53. The minimum Gasteiger partial charge on any atom is -0.445 e. The average molecular weight is 582 g/mol. The Morgan fingerprint density at radius 2 is 1.48 bits per heavy atom. The van der Waals surface area contributed by atoms with Crippen molar-refractivity contribution in [1.82, 2.24) is 15.0 Å². The summed E-state index contributed by atoms with van der Waals surface area (Å²) in [7, 11) is 0. The van der Waals surface area contributed by atoms with Crippen molar-refractivity contribution in [1.29, 1.82) is 0 Å². The Morgan fingerprint density at radius 1 is 0.742 bits per heavy atom. The van der Waals surface area contributed by atoms with Crippen LogP contribution in [0.15, 0.2) is 102 Å². The Balaban J connectivity index is 0.000000176. The first kappa shape index (κ1) is 22.3. The molecule has 0 saturated carbocycles. The van der Waals surface area contributed by atoms with E-state index >= 15 is 0 Å². The number of benzene rings is 2. The van der Waals surface area contributed by atoms with Crippen LogP contribution >= 0.6 is 0 Å². The van der Waals surface area contributed by atoms with E-state index in [0.29, 0.717) is 5.89 Å². The second-order valence-corrected chi connectivity index (χ2v) is 6.48. The molecular formula is C26H19IrN3O-2. The third-order valence-corrected chi connectivity index (χ3v) is 4.30. The van der Waals surface area contributed by atoms with Crippen molar-refractivity contribution >= 4 is 0 Å². The van der Waals surface area contributed by atoms with E-state index < -0.39 is 0 Å². The van der Waals surface area contributed by atoms with E-state index in [1.165, 1.54) is 0 Å².